The van der Waals surface area contributed by atoms with Gasteiger partial charge in [-0.2, -0.15) is 0 Å². The van der Waals surface area contributed by atoms with Gasteiger partial charge in [-0.1, -0.05) is 0 Å². The standard InChI is InChI=1S/C12H21N3O2/c1-8-4-3-5-9(13-8)11(16)14-10-6-7-15(2)12(10)17/h8-10,13H,3-7H2,1-2H3,(H,14,16). The fraction of sp³-hybridized carbons (Fsp3) is 0.833. The monoisotopic (exact) mass is 239 g/mol. The molecule has 0 aromatic carbocycles. The van der Waals surface area contributed by atoms with Gasteiger partial charge in [-0.25, -0.2) is 0 Å². The Labute approximate surface area is 102 Å². The van der Waals surface area contributed by atoms with Crippen LogP contribution < -0.4 is 10.6 Å². The normalized spacial score (nSPS) is 33.9. The topological polar surface area (TPSA) is 61.4 Å². The van der Waals surface area contributed by atoms with Crippen molar-refractivity contribution >= 4 is 11.8 Å². The summed E-state index contributed by atoms with van der Waals surface area (Å²) in [7, 11) is 1.77. The summed E-state index contributed by atoms with van der Waals surface area (Å²) in [4.78, 5) is 25.4. The van der Waals surface area contributed by atoms with Gasteiger partial charge in [-0.15, -0.1) is 0 Å². The zero-order chi connectivity index (χ0) is 12.4. The van der Waals surface area contributed by atoms with E-state index in [9.17, 15) is 9.59 Å². The number of carbonyl (C=O) groups is 2. The van der Waals surface area contributed by atoms with Crippen LogP contribution in [-0.2, 0) is 9.59 Å². The van der Waals surface area contributed by atoms with Crippen molar-refractivity contribution in [3.05, 3.63) is 0 Å². The summed E-state index contributed by atoms with van der Waals surface area (Å²) < 4.78 is 0. The molecule has 3 atom stereocenters. The molecule has 0 saturated carbocycles. The number of amides is 2. The zero-order valence-corrected chi connectivity index (χ0v) is 10.5. The maximum Gasteiger partial charge on any atom is 0.244 e. The Bertz CT molecular complexity index is 319. The minimum absolute atomic E-state index is 0.0230. The van der Waals surface area contributed by atoms with Gasteiger partial charge >= 0.3 is 0 Å². The van der Waals surface area contributed by atoms with E-state index in [2.05, 4.69) is 17.6 Å². The van der Waals surface area contributed by atoms with Crippen molar-refractivity contribution in [1.82, 2.24) is 15.5 Å². The Kier molecular flexibility index (Phi) is 3.66. The van der Waals surface area contributed by atoms with Crippen LogP contribution in [-0.4, -0.2) is 48.4 Å². The van der Waals surface area contributed by atoms with Gasteiger partial charge in [0.25, 0.3) is 0 Å². The molecule has 17 heavy (non-hydrogen) atoms. The lowest BCUT2D eigenvalue weighted by Gasteiger charge is -2.28. The predicted molar refractivity (Wildman–Crippen MR) is 64.4 cm³/mol. The molecule has 2 fully saturated rings. The molecular formula is C12H21N3O2. The van der Waals surface area contributed by atoms with Gasteiger partial charge in [0, 0.05) is 19.6 Å². The summed E-state index contributed by atoms with van der Waals surface area (Å²) in [5.41, 5.74) is 0. The Balaban J connectivity index is 1.86. The van der Waals surface area contributed by atoms with Crippen LogP contribution in [0.2, 0.25) is 0 Å². The van der Waals surface area contributed by atoms with Gasteiger partial charge in [-0.3, -0.25) is 9.59 Å². The molecule has 2 aliphatic heterocycles. The van der Waals surface area contributed by atoms with Crippen LogP contribution in [0.5, 0.6) is 0 Å². The number of carbonyl (C=O) groups excluding carboxylic acids is 2. The van der Waals surface area contributed by atoms with Crippen molar-refractivity contribution in [2.45, 2.75) is 50.7 Å². The van der Waals surface area contributed by atoms with Gasteiger partial charge in [-0.05, 0) is 32.6 Å². The lowest BCUT2D eigenvalue weighted by molar-refractivity contribution is -0.132. The second-order valence-electron chi connectivity index (χ2n) is 5.16. The SMILES string of the molecule is CC1CCCC(C(=O)NC2CCN(C)C2=O)N1. The molecule has 0 aromatic rings. The first kappa shape index (κ1) is 12.4. The zero-order valence-electron chi connectivity index (χ0n) is 10.5. The Morgan fingerprint density at radius 1 is 1.41 bits per heavy atom. The molecule has 3 unspecified atom stereocenters. The van der Waals surface area contributed by atoms with E-state index >= 15 is 0 Å². The third-order valence-corrected chi connectivity index (χ3v) is 3.68. The number of nitrogens with zero attached hydrogens (tertiary/aromatic N) is 1. The van der Waals surface area contributed by atoms with Crippen molar-refractivity contribution < 1.29 is 9.59 Å². The molecule has 2 heterocycles. The van der Waals surface area contributed by atoms with E-state index in [1.54, 1.807) is 11.9 Å². The third-order valence-electron chi connectivity index (χ3n) is 3.68. The molecule has 0 radical (unpaired) electrons. The van der Waals surface area contributed by atoms with Crippen LogP contribution in [0.4, 0.5) is 0 Å². The van der Waals surface area contributed by atoms with Gasteiger partial charge in [0.2, 0.25) is 11.8 Å². The summed E-state index contributed by atoms with van der Waals surface area (Å²) in [5.74, 6) is 0.00686. The average molecular weight is 239 g/mol. The summed E-state index contributed by atoms with van der Waals surface area (Å²) in [5, 5.41) is 6.14. The van der Waals surface area contributed by atoms with E-state index in [1.165, 1.54) is 0 Å². The number of rotatable bonds is 2. The van der Waals surface area contributed by atoms with Crippen LogP contribution in [0.3, 0.4) is 0 Å². The van der Waals surface area contributed by atoms with Gasteiger partial charge in [0.05, 0.1) is 6.04 Å². The molecule has 5 heteroatoms. The van der Waals surface area contributed by atoms with E-state index in [4.69, 9.17) is 0 Å². The van der Waals surface area contributed by atoms with Crippen LogP contribution in [0.25, 0.3) is 0 Å². The van der Waals surface area contributed by atoms with Gasteiger partial charge in [0.15, 0.2) is 0 Å². The average Bonchev–Trinajstić information content (AvgIpc) is 2.61. The van der Waals surface area contributed by atoms with Crippen molar-refractivity contribution in [2.75, 3.05) is 13.6 Å². The molecule has 0 spiro atoms. The summed E-state index contributed by atoms with van der Waals surface area (Å²) in [6.07, 6.45) is 3.79. The van der Waals surface area contributed by atoms with E-state index in [1.807, 2.05) is 0 Å². The quantitative estimate of drug-likeness (QED) is 0.705. The van der Waals surface area contributed by atoms with Crippen molar-refractivity contribution in [3.8, 4) is 0 Å². The Morgan fingerprint density at radius 3 is 2.76 bits per heavy atom. The Hall–Kier alpha value is -1.10. The van der Waals surface area contributed by atoms with Crippen molar-refractivity contribution in [1.29, 1.82) is 0 Å². The minimum Gasteiger partial charge on any atom is -0.344 e. The van der Waals surface area contributed by atoms with Crippen LogP contribution in [0, 0.1) is 0 Å². The van der Waals surface area contributed by atoms with E-state index in [0.717, 1.165) is 32.2 Å². The molecule has 2 amide bonds. The molecule has 5 nitrogen and oxygen atoms in total. The fourth-order valence-corrected chi connectivity index (χ4v) is 2.57. The number of piperidine rings is 1. The van der Waals surface area contributed by atoms with E-state index < -0.39 is 0 Å². The molecule has 0 aliphatic carbocycles. The van der Waals surface area contributed by atoms with Gasteiger partial charge in [0.1, 0.15) is 6.04 Å². The highest BCUT2D eigenvalue weighted by atomic mass is 16.2. The lowest BCUT2D eigenvalue weighted by Crippen LogP contribution is -2.53. The molecule has 2 rings (SSSR count). The predicted octanol–water partition coefficient (Wildman–Crippen LogP) is -0.136. The molecule has 0 aromatic heterocycles. The highest BCUT2D eigenvalue weighted by Crippen LogP contribution is 2.14. The Morgan fingerprint density at radius 2 is 2.18 bits per heavy atom. The van der Waals surface area contributed by atoms with Crippen LogP contribution in [0.1, 0.15) is 32.6 Å². The van der Waals surface area contributed by atoms with Crippen molar-refractivity contribution in [3.63, 3.8) is 0 Å². The highest BCUT2D eigenvalue weighted by molar-refractivity contribution is 5.90. The largest absolute Gasteiger partial charge is 0.344 e. The lowest BCUT2D eigenvalue weighted by atomic mass is 9.99. The molecule has 2 N–H and O–H groups in total. The number of likely N-dealkylation sites (N-methyl/N-ethyl adjacent to an activating group) is 1. The first-order valence-electron chi connectivity index (χ1n) is 6.39. The number of hydrogen-bond acceptors (Lipinski definition) is 3. The maximum atomic E-state index is 12.0. The molecule has 96 valence electrons. The first-order chi connectivity index (χ1) is 8.08. The van der Waals surface area contributed by atoms with E-state index in [0.29, 0.717) is 6.04 Å². The third kappa shape index (κ3) is 2.77. The summed E-state index contributed by atoms with van der Waals surface area (Å²) in [6, 6.07) is -0.0505. The van der Waals surface area contributed by atoms with Gasteiger partial charge < -0.3 is 15.5 Å². The number of likely N-dealkylation sites (tertiary alicyclic amines) is 1. The second-order valence-corrected chi connectivity index (χ2v) is 5.16. The van der Waals surface area contributed by atoms with E-state index in [-0.39, 0.29) is 23.9 Å². The minimum atomic E-state index is -0.313. The van der Waals surface area contributed by atoms with Crippen molar-refractivity contribution in [2.24, 2.45) is 0 Å². The number of hydrogen-bond donors (Lipinski definition) is 2. The summed E-state index contributed by atoms with van der Waals surface area (Å²) >= 11 is 0. The summed E-state index contributed by atoms with van der Waals surface area (Å²) in [6.45, 7) is 2.83. The maximum absolute atomic E-state index is 12.0. The highest BCUT2D eigenvalue weighted by Gasteiger charge is 2.33. The van der Waals surface area contributed by atoms with Crippen LogP contribution in [0.15, 0.2) is 0 Å². The van der Waals surface area contributed by atoms with Crippen LogP contribution >= 0.6 is 0 Å². The molecular weight excluding hydrogens is 218 g/mol. The second kappa shape index (κ2) is 5.04. The first-order valence-corrected chi connectivity index (χ1v) is 6.39. The fourth-order valence-electron chi connectivity index (χ4n) is 2.57. The number of nitrogens with one attached hydrogen (secondary N) is 2. The molecule has 2 aliphatic rings. The smallest absolute Gasteiger partial charge is 0.244 e. The molecule has 0 bridgehead atoms. The molecule has 2 saturated heterocycles.